The molecule has 0 saturated carbocycles. The topological polar surface area (TPSA) is 43.1 Å². The van der Waals surface area contributed by atoms with Crippen molar-refractivity contribution in [2.45, 2.75) is 20.3 Å². The van der Waals surface area contributed by atoms with Gasteiger partial charge in [-0.3, -0.25) is 4.40 Å². The van der Waals surface area contributed by atoms with Crippen molar-refractivity contribution in [3.63, 3.8) is 0 Å². The lowest BCUT2D eigenvalue weighted by Gasteiger charge is -2.07. The summed E-state index contributed by atoms with van der Waals surface area (Å²) in [5, 5.41) is 9.44. The fourth-order valence-corrected chi connectivity index (χ4v) is 2.65. The van der Waals surface area contributed by atoms with E-state index < -0.39 is 0 Å². The van der Waals surface area contributed by atoms with Crippen LogP contribution in [0.1, 0.15) is 22.8 Å². The molecular weight excluding hydrogens is 295 g/mol. The third-order valence-electron chi connectivity index (χ3n) is 3.29. The molecule has 0 aliphatic rings. The average molecular weight is 307 g/mol. The smallest absolute Gasteiger partial charge is 0.198 e. The molecular formula is C14H12Cl2N4. The number of aromatic nitrogens is 4. The van der Waals surface area contributed by atoms with E-state index in [1.807, 2.05) is 42.5 Å². The summed E-state index contributed by atoms with van der Waals surface area (Å²) >= 11 is 12.1. The van der Waals surface area contributed by atoms with Gasteiger partial charge in [-0.15, -0.1) is 10.2 Å². The first kappa shape index (κ1) is 13.3. The molecule has 0 radical (unpaired) electrons. The van der Waals surface area contributed by atoms with Gasteiger partial charge in [-0.1, -0.05) is 35.3 Å². The Bertz CT molecular complexity index is 795. The highest BCUT2D eigenvalue weighted by Crippen LogP contribution is 2.20. The summed E-state index contributed by atoms with van der Waals surface area (Å²) in [6.45, 7) is 3.90. The number of nitrogens with zero attached hydrogens (tertiary/aromatic N) is 4. The minimum atomic E-state index is 0.373. The number of halogens is 2. The molecule has 1 aromatic carbocycles. The average Bonchev–Trinajstić information content (AvgIpc) is 2.80. The van der Waals surface area contributed by atoms with Crippen molar-refractivity contribution in [2.75, 3.05) is 0 Å². The summed E-state index contributed by atoms with van der Waals surface area (Å²) in [6, 6.07) is 7.71. The van der Waals surface area contributed by atoms with E-state index in [0.29, 0.717) is 22.2 Å². The van der Waals surface area contributed by atoms with Gasteiger partial charge in [0.25, 0.3) is 0 Å². The number of hydrogen-bond donors (Lipinski definition) is 0. The summed E-state index contributed by atoms with van der Waals surface area (Å²) in [6.07, 6.45) is 0.641. The summed E-state index contributed by atoms with van der Waals surface area (Å²) in [7, 11) is 0. The first-order valence-electron chi connectivity index (χ1n) is 6.17. The molecule has 2 aromatic heterocycles. The molecule has 0 N–H and O–H groups in total. The lowest BCUT2D eigenvalue weighted by Crippen LogP contribution is -2.04. The summed E-state index contributed by atoms with van der Waals surface area (Å²) in [5.41, 5.74) is 3.53. The lowest BCUT2D eigenvalue weighted by molar-refractivity contribution is 0.896. The Kier molecular flexibility index (Phi) is 3.36. The van der Waals surface area contributed by atoms with Crippen LogP contribution in [0.4, 0.5) is 0 Å². The van der Waals surface area contributed by atoms with Crippen LogP contribution in [0.5, 0.6) is 0 Å². The fraction of sp³-hybridized carbons (Fsp3) is 0.214. The summed E-state index contributed by atoms with van der Waals surface area (Å²) < 4.78 is 1.95. The third-order valence-corrected chi connectivity index (χ3v) is 3.78. The van der Waals surface area contributed by atoms with Gasteiger partial charge in [-0.05, 0) is 31.5 Å². The van der Waals surface area contributed by atoms with Crippen LogP contribution in [-0.4, -0.2) is 19.6 Å². The highest BCUT2D eigenvalue weighted by molar-refractivity contribution is 6.32. The van der Waals surface area contributed by atoms with E-state index in [4.69, 9.17) is 23.2 Å². The monoisotopic (exact) mass is 306 g/mol. The van der Waals surface area contributed by atoms with Crippen LogP contribution in [0.2, 0.25) is 10.2 Å². The molecule has 2 heterocycles. The zero-order valence-electron chi connectivity index (χ0n) is 11.1. The largest absolute Gasteiger partial charge is 0.279 e. The van der Waals surface area contributed by atoms with E-state index in [0.717, 1.165) is 22.8 Å². The molecule has 4 nitrogen and oxygen atoms in total. The predicted molar refractivity (Wildman–Crippen MR) is 79.5 cm³/mol. The van der Waals surface area contributed by atoms with E-state index in [1.54, 1.807) is 0 Å². The second-order valence-corrected chi connectivity index (χ2v) is 5.45. The van der Waals surface area contributed by atoms with Crippen LogP contribution in [0.25, 0.3) is 5.65 Å². The molecule has 102 valence electrons. The van der Waals surface area contributed by atoms with Crippen molar-refractivity contribution < 1.29 is 0 Å². The Hall–Kier alpha value is -1.65. The first-order chi connectivity index (χ1) is 9.56. The molecule has 6 heteroatoms. The Morgan fingerprint density at radius 1 is 1.15 bits per heavy atom. The van der Waals surface area contributed by atoms with Crippen LogP contribution >= 0.6 is 23.2 Å². The molecule has 20 heavy (non-hydrogen) atoms. The van der Waals surface area contributed by atoms with Crippen LogP contribution < -0.4 is 0 Å². The highest BCUT2D eigenvalue weighted by atomic mass is 35.5. The zero-order valence-corrected chi connectivity index (χ0v) is 12.6. The number of fused-ring (bicyclic) bond motifs is 1. The van der Waals surface area contributed by atoms with Crippen molar-refractivity contribution in [3.05, 3.63) is 57.2 Å². The van der Waals surface area contributed by atoms with Gasteiger partial charge in [0.1, 0.15) is 5.82 Å². The summed E-state index contributed by atoms with van der Waals surface area (Å²) in [5.74, 6) is 0.826. The Balaban J connectivity index is 2.13. The van der Waals surface area contributed by atoms with E-state index >= 15 is 0 Å². The number of rotatable bonds is 2. The van der Waals surface area contributed by atoms with Crippen LogP contribution in [0, 0.1) is 13.8 Å². The second kappa shape index (κ2) is 5.04. The quantitative estimate of drug-likeness (QED) is 0.726. The van der Waals surface area contributed by atoms with Gasteiger partial charge in [-0.2, -0.15) is 0 Å². The van der Waals surface area contributed by atoms with Crippen LogP contribution in [-0.2, 0) is 6.42 Å². The Labute approximate surface area is 126 Å². The molecule has 3 rings (SSSR count). The van der Waals surface area contributed by atoms with Gasteiger partial charge < -0.3 is 0 Å². The second-order valence-electron chi connectivity index (χ2n) is 4.66. The van der Waals surface area contributed by atoms with Crippen molar-refractivity contribution in [1.82, 2.24) is 19.6 Å². The maximum Gasteiger partial charge on any atom is 0.198 e. The number of hydrogen-bond acceptors (Lipinski definition) is 3. The van der Waals surface area contributed by atoms with Crippen molar-refractivity contribution >= 4 is 28.8 Å². The van der Waals surface area contributed by atoms with Gasteiger partial charge in [0, 0.05) is 17.1 Å². The zero-order chi connectivity index (χ0) is 14.3. The molecule has 0 spiro atoms. The van der Waals surface area contributed by atoms with Gasteiger partial charge in [0.15, 0.2) is 10.8 Å². The van der Waals surface area contributed by atoms with E-state index in [2.05, 4.69) is 15.2 Å². The molecule has 0 aliphatic heterocycles. The predicted octanol–water partition coefficient (Wildman–Crippen LogP) is 3.64. The third kappa shape index (κ3) is 2.25. The first-order valence-corrected chi connectivity index (χ1v) is 6.93. The van der Waals surface area contributed by atoms with Crippen molar-refractivity contribution in [3.8, 4) is 0 Å². The van der Waals surface area contributed by atoms with Crippen LogP contribution in [0.15, 0.2) is 24.3 Å². The molecule has 0 fully saturated rings. The Morgan fingerprint density at radius 3 is 2.70 bits per heavy atom. The highest BCUT2D eigenvalue weighted by Gasteiger charge is 2.14. The molecule has 0 aliphatic carbocycles. The lowest BCUT2D eigenvalue weighted by atomic mass is 10.1. The van der Waals surface area contributed by atoms with E-state index in [1.165, 1.54) is 0 Å². The number of aryl methyl sites for hydroxylation is 2. The molecule has 0 bridgehead atoms. The van der Waals surface area contributed by atoms with Gasteiger partial charge in [0.2, 0.25) is 0 Å². The number of benzene rings is 1. The SMILES string of the molecule is Cc1nc(Cl)c2nnc(Cc3cccc(Cl)c3)n2c1C. The molecule has 0 atom stereocenters. The normalized spacial score (nSPS) is 11.2. The van der Waals surface area contributed by atoms with Gasteiger partial charge >= 0.3 is 0 Å². The van der Waals surface area contributed by atoms with E-state index in [9.17, 15) is 0 Å². The maximum atomic E-state index is 6.12. The van der Waals surface area contributed by atoms with Crippen LogP contribution in [0.3, 0.4) is 0 Å². The summed E-state index contributed by atoms with van der Waals surface area (Å²) in [4.78, 5) is 4.26. The molecule has 0 amide bonds. The standard InChI is InChI=1S/C14H12Cl2N4/c1-8-9(2)20-12(18-19-14(20)13(16)17-8)7-10-4-3-5-11(15)6-10/h3-6H,7H2,1-2H3. The maximum absolute atomic E-state index is 6.12. The van der Waals surface area contributed by atoms with Gasteiger partial charge in [0.05, 0.1) is 5.69 Å². The van der Waals surface area contributed by atoms with Crippen molar-refractivity contribution in [1.29, 1.82) is 0 Å². The Morgan fingerprint density at radius 2 is 1.95 bits per heavy atom. The van der Waals surface area contributed by atoms with E-state index in [-0.39, 0.29) is 0 Å². The minimum Gasteiger partial charge on any atom is -0.279 e. The fourth-order valence-electron chi connectivity index (χ4n) is 2.19. The molecule has 3 aromatic rings. The van der Waals surface area contributed by atoms with Gasteiger partial charge in [-0.25, -0.2) is 4.98 Å². The minimum absolute atomic E-state index is 0.373. The van der Waals surface area contributed by atoms with Crippen molar-refractivity contribution in [2.24, 2.45) is 0 Å². The molecule has 0 unspecified atom stereocenters. The molecule has 0 saturated heterocycles.